The summed E-state index contributed by atoms with van der Waals surface area (Å²) in [5.41, 5.74) is 2.45. The quantitative estimate of drug-likeness (QED) is 0.721. The zero-order chi connectivity index (χ0) is 17.5. The molecule has 0 spiro atoms. The molecule has 2 fully saturated rings. The molecule has 1 aromatic carbocycles. The molecule has 0 bridgehead atoms. The van der Waals surface area contributed by atoms with Gasteiger partial charge in [0, 0.05) is 23.2 Å². The first-order chi connectivity index (χ1) is 12.8. The first-order valence-corrected chi connectivity index (χ1v) is 10.0. The molecule has 2 saturated carbocycles. The van der Waals surface area contributed by atoms with Crippen molar-refractivity contribution in [1.82, 2.24) is 20.1 Å². The van der Waals surface area contributed by atoms with Crippen molar-refractivity contribution in [2.24, 2.45) is 11.8 Å². The molecule has 0 unspecified atom stereocenters. The number of nitrogens with one attached hydrogen (secondary N) is 1. The van der Waals surface area contributed by atoms with Crippen molar-refractivity contribution in [3.05, 3.63) is 53.8 Å². The number of hydrogen-bond donors (Lipinski definition) is 1. The lowest BCUT2D eigenvalue weighted by Gasteiger charge is -2.16. The van der Waals surface area contributed by atoms with Crippen molar-refractivity contribution >= 4 is 17.2 Å². The number of hydrogen-bond acceptors (Lipinski definition) is 4. The predicted molar refractivity (Wildman–Crippen MR) is 101 cm³/mol. The Hall–Kier alpha value is -2.47. The maximum atomic E-state index is 12.6. The van der Waals surface area contributed by atoms with Crippen LogP contribution in [0.3, 0.4) is 0 Å². The summed E-state index contributed by atoms with van der Waals surface area (Å²) in [5, 5.41) is 10.3. The Morgan fingerprint density at radius 1 is 1.15 bits per heavy atom. The molecule has 2 aromatic heterocycles. The van der Waals surface area contributed by atoms with Crippen LogP contribution in [-0.4, -0.2) is 26.7 Å². The zero-order valence-corrected chi connectivity index (χ0v) is 15.2. The van der Waals surface area contributed by atoms with E-state index in [1.54, 1.807) is 6.20 Å². The molecule has 1 amide bonds. The standard InChI is InChI=1S/C20H20N4OS/c25-19(23-18(13-6-7-13)14-8-9-14)17-12-26-20(22-17)15-10-21-24(11-15)16-4-2-1-3-5-16/h1-5,10-14,18H,6-9H2,(H,23,25). The molecule has 6 heteroatoms. The van der Waals surface area contributed by atoms with E-state index in [1.807, 2.05) is 46.6 Å². The van der Waals surface area contributed by atoms with Crippen molar-refractivity contribution in [3.8, 4) is 16.3 Å². The molecule has 26 heavy (non-hydrogen) atoms. The van der Waals surface area contributed by atoms with E-state index in [-0.39, 0.29) is 5.91 Å². The van der Waals surface area contributed by atoms with Crippen molar-refractivity contribution in [2.45, 2.75) is 31.7 Å². The highest BCUT2D eigenvalue weighted by atomic mass is 32.1. The lowest BCUT2D eigenvalue weighted by atomic mass is 10.1. The third-order valence-corrected chi connectivity index (χ3v) is 6.04. The third-order valence-electron chi connectivity index (χ3n) is 5.14. The number of nitrogens with zero attached hydrogens (tertiary/aromatic N) is 3. The summed E-state index contributed by atoms with van der Waals surface area (Å²) in [5.74, 6) is 1.34. The largest absolute Gasteiger partial charge is 0.347 e. The Balaban J connectivity index is 1.32. The Morgan fingerprint density at radius 2 is 1.88 bits per heavy atom. The molecule has 5 nitrogen and oxygen atoms in total. The Morgan fingerprint density at radius 3 is 2.58 bits per heavy atom. The number of benzene rings is 1. The van der Waals surface area contributed by atoms with E-state index >= 15 is 0 Å². The molecule has 0 aliphatic heterocycles. The minimum Gasteiger partial charge on any atom is -0.347 e. The molecule has 5 rings (SSSR count). The van der Waals surface area contributed by atoms with Gasteiger partial charge in [-0.05, 0) is 49.7 Å². The fourth-order valence-electron chi connectivity index (χ4n) is 3.42. The van der Waals surface area contributed by atoms with Crippen molar-refractivity contribution in [1.29, 1.82) is 0 Å². The Labute approximate surface area is 156 Å². The predicted octanol–water partition coefficient (Wildman–Crippen LogP) is 3.91. The second-order valence-corrected chi connectivity index (χ2v) is 8.08. The van der Waals surface area contributed by atoms with E-state index in [0.29, 0.717) is 23.6 Å². The zero-order valence-electron chi connectivity index (χ0n) is 14.3. The van der Waals surface area contributed by atoms with Crippen LogP contribution in [-0.2, 0) is 0 Å². The van der Waals surface area contributed by atoms with Gasteiger partial charge in [0.25, 0.3) is 5.91 Å². The lowest BCUT2D eigenvalue weighted by Crippen LogP contribution is -2.38. The van der Waals surface area contributed by atoms with Gasteiger partial charge in [0.2, 0.25) is 0 Å². The normalized spacial score (nSPS) is 16.8. The highest BCUT2D eigenvalue weighted by molar-refractivity contribution is 7.13. The molecule has 2 heterocycles. The van der Waals surface area contributed by atoms with Crippen molar-refractivity contribution < 1.29 is 4.79 Å². The first kappa shape index (κ1) is 15.8. The molecule has 0 radical (unpaired) electrons. The smallest absolute Gasteiger partial charge is 0.271 e. The fraction of sp³-hybridized carbons (Fsp3) is 0.350. The molecule has 0 atom stereocenters. The van der Waals surface area contributed by atoms with Crippen LogP contribution in [0.4, 0.5) is 0 Å². The molecule has 2 aliphatic carbocycles. The number of amides is 1. The second-order valence-electron chi connectivity index (χ2n) is 7.22. The van der Waals surface area contributed by atoms with Gasteiger partial charge in [0.1, 0.15) is 10.7 Å². The average molecular weight is 364 g/mol. The van der Waals surface area contributed by atoms with Gasteiger partial charge in [0.05, 0.1) is 11.9 Å². The molecule has 2 aliphatic rings. The van der Waals surface area contributed by atoms with Crippen molar-refractivity contribution in [3.63, 3.8) is 0 Å². The monoisotopic (exact) mass is 364 g/mol. The summed E-state index contributed by atoms with van der Waals surface area (Å²) in [6.07, 6.45) is 8.76. The summed E-state index contributed by atoms with van der Waals surface area (Å²) in [6, 6.07) is 10.3. The van der Waals surface area contributed by atoms with Gasteiger partial charge in [-0.15, -0.1) is 11.3 Å². The SMILES string of the molecule is O=C(NC(C1CC1)C1CC1)c1csc(-c2cnn(-c3ccccc3)c2)n1. The number of carbonyl (C=O) groups excluding carboxylic acids is 1. The molecule has 132 valence electrons. The second kappa shape index (κ2) is 6.36. The Kier molecular flexibility index (Phi) is 3.85. The van der Waals surface area contributed by atoms with E-state index in [1.165, 1.54) is 37.0 Å². The summed E-state index contributed by atoms with van der Waals surface area (Å²) in [6.45, 7) is 0. The van der Waals surface area contributed by atoms with Gasteiger partial charge in [-0.25, -0.2) is 9.67 Å². The fourth-order valence-corrected chi connectivity index (χ4v) is 4.20. The van der Waals surface area contributed by atoms with Crippen LogP contribution in [0.15, 0.2) is 48.1 Å². The number of thiazole rings is 1. The maximum Gasteiger partial charge on any atom is 0.271 e. The Bertz CT molecular complexity index is 912. The van der Waals surface area contributed by atoms with Crippen LogP contribution >= 0.6 is 11.3 Å². The summed E-state index contributed by atoms with van der Waals surface area (Å²) in [7, 11) is 0. The van der Waals surface area contributed by atoms with Gasteiger partial charge in [-0.1, -0.05) is 18.2 Å². The number of aromatic nitrogens is 3. The summed E-state index contributed by atoms with van der Waals surface area (Å²) in [4.78, 5) is 17.2. The molecule has 1 N–H and O–H groups in total. The van der Waals surface area contributed by atoms with Crippen molar-refractivity contribution in [2.75, 3.05) is 0 Å². The average Bonchev–Trinajstić information content (AvgIpc) is 3.59. The maximum absolute atomic E-state index is 12.6. The topological polar surface area (TPSA) is 59.8 Å². The molecular formula is C20H20N4OS. The van der Waals surface area contributed by atoms with Gasteiger partial charge in [-0.2, -0.15) is 5.10 Å². The van der Waals surface area contributed by atoms with Crippen LogP contribution in [0.5, 0.6) is 0 Å². The number of rotatable bonds is 6. The van der Waals surface area contributed by atoms with E-state index in [4.69, 9.17) is 0 Å². The van der Waals surface area contributed by atoms with Crippen LogP contribution in [0, 0.1) is 11.8 Å². The van der Waals surface area contributed by atoms with Crippen LogP contribution in [0.25, 0.3) is 16.3 Å². The van der Waals surface area contributed by atoms with E-state index in [9.17, 15) is 4.79 Å². The number of para-hydroxylation sites is 1. The van der Waals surface area contributed by atoms with E-state index in [0.717, 1.165) is 16.3 Å². The summed E-state index contributed by atoms with van der Waals surface area (Å²) < 4.78 is 1.83. The molecule has 0 saturated heterocycles. The van der Waals surface area contributed by atoms with Gasteiger partial charge in [-0.3, -0.25) is 4.79 Å². The van der Waals surface area contributed by atoms with E-state index in [2.05, 4.69) is 15.4 Å². The lowest BCUT2D eigenvalue weighted by molar-refractivity contribution is 0.0922. The minimum atomic E-state index is -0.0354. The highest BCUT2D eigenvalue weighted by Crippen LogP contribution is 2.44. The van der Waals surface area contributed by atoms with Crippen LogP contribution in [0.2, 0.25) is 0 Å². The first-order valence-electron chi connectivity index (χ1n) is 9.15. The van der Waals surface area contributed by atoms with Crippen LogP contribution in [0.1, 0.15) is 36.2 Å². The van der Waals surface area contributed by atoms with Gasteiger partial charge < -0.3 is 5.32 Å². The third kappa shape index (κ3) is 3.17. The highest BCUT2D eigenvalue weighted by Gasteiger charge is 2.42. The van der Waals surface area contributed by atoms with Crippen LogP contribution < -0.4 is 5.32 Å². The van der Waals surface area contributed by atoms with Gasteiger partial charge >= 0.3 is 0 Å². The number of carbonyl (C=O) groups is 1. The molecule has 3 aromatic rings. The summed E-state index contributed by atoms with van der Waals surface area (Å²) >= 11 is 1.49. The minimum absolute atomic E-state index is 0.0354. The van der Waals surface area contributed by atoms with E-state index < -0.39 is 0 Å². The van der Waals surface area contributed by atoms with Gasteiger partial charge in [0.15, 0.2) is 0 Å². The molecular weight excluding hydrogens is 344 g/mol.